The number of hydrogen-bond acceptors (Lipinski definition) is 2. The molecule has 2 aromatic heterocycles. The van der Waals surface area contributed by atoms with Crippen molar-refractivity contribution in [3.8, 4) is 22.5 Å². The first-order valence-electron chi connectivity index (χ1n) is 8.53. The van der Waals surface area contributed by atoms with Crippen LogP contribution in [0.4, 0.5) is 0 Å². The minimum atomic E-state index is -2.28. The molecule has 1 spiro atoms. The van der Waals surface area contributed by atoms with Gasteiger partial charge in [0.15, 0.2) is 8.07 Å². The summed E-state index contributed by atoms with van der Waals surface area (Å²) in [6.07, 6.45) is 3.77. The van der Waals surface area contributed by atoms with Crippen LogP contribution in [0.2, 0.25) is 0 Å². The highest BCUT2D eigenvalue weighted by molar-refractivity contribution is 7.24. The first-order valence-corrected chi connectivity index (χ1v) is 10.5. The van der Waals surface area contributed by atoms with Crippen LogP contribution in [0.5, 0.6) is 0 Å². The van der Waals surface area contributed by atoms with Gasteiger partial charge in [0.2, 0.25) is 0 Å². The molecule has 4 heterocycles. The molecule has 2 aromatic carbocycles. The Morgan fingerprint density at radius 1 is 0.480 bits per heavy atom. The van der Waals surface area contributed by atoms with Crippen molar-refractivity contribution in [1.82, 2.24) is 9.97 Å². The Morgan fingerprint density at radius 3 is 1.44 bits per heavy atom. The molecule has 0 amide bonds. The summed E-state index contributed by atoms with van der Waals surface area (Å²) in [6, 6.07) is 26.5. The van der Waals surface area contributed by atoms with Gasteiger partial charge in [0.1, 0.15) is 0 Å². The lowest BCUT2D eigenvalue weighted by molar-refractivity contribution is 1.28. The molecule has 0 atom stereocenters. The molecule has 3 heteroatoms. The summed E-state index contributed by atoms with van der Waals surface area (Å²) >= 11 is 0. The predicted molar refractivity (Wildman–Crippen MR) is 104 cm³/mol. The van der Waals surface area contributed by atoms with Gasteiger partial charge in [-0.1, -0.05) is 60.7 Å². The Balaban J connectivity index is 1.89. The van der Waals surface area contributed by atoms with Gasteiger partial charge >= 0.3 is 0 Å². The second kappa shape index (κ2) is 4.52. The maximum absolute atomic E-state index is 4.74. The summed E-state index contributed by atoms with van der Waals surface area (Å²) in [5, 5.41) is 5.69. The van der Waals surface area contributed by atoms with Crippen LogP contribution in [0, 0.1) is 0 Å². The van der Waals surface area contributed by atoms with Crippen molar-refractivity contribution in [3.05, 3.63) is 85.2 Å². The van der Waals surface area contributed by atoms with E-state index < -0.39 is 8.07 Å². The van der Waals surface area contributed by atoms with Gasteiger partial charge in [-0.25, -0.2) is 0 Å². The lowest BCUT2D eigenvalue weighted by atomic mass is 10.1. The molecule has 0 saturated carbocycles. The highest BCUT2D eigenvalue weighted by Gasteiger charge is 2.54. The summed E-state index contributed by atoms with van der Waals surface area (Å²) in [5.41, 5.74) is 4.88. The lowest BCUT2D eigenvalue weighted by Gasteiger charge is -2.26. The average molecular weight is 334 g/mol. The molecule has 0 unspecified atom stereocenters. The molecule has 2 aliphatic rings. The zero-order valence-electron chi connectivity index (χ0n) is 13.5. The van der Waals surface area contributed by atoms with Crippen LogP contribution in [0.1, 0.15) is 0 Å². The Morgan fingerprint density at radius 2 is 0.920 bits per heavy atom. The van der Waals surface area contributed by atoms with E-state index in [9.17, 15) is 0 Å². The van der Waals surface area contributed by atoms with Crippen molar-refractivity contribution in [2.75, 3.05) is 0 Å². The monoisotopic (exact) mass is 334 g/mol. The first kappa shape index (κ1) is 13.3. The Labute approximate surface area is 146 Å². The molecule has 0 radical (unpaired) electrons. The molecule has 2 aliphatic heterocycles. The Bertz CT molecular complexity index is 978. The highest BCUT2D eigenvalue weighted by Crippen LogP contribution is 2.33. The topological polar surface area (TPSA) is 25.8 Å². The lowest BCUT2D eigenvalue weighted by Crippen LogP contribution is -2.70. The van der Waals surface area contributed by atoms with Crippen LogP contribution in [0.3, 0.4) is 0 Å². The van der Waals surface area contributed by atoms with Gasteiger partial charge in [0, 0.05) is 12.4 Å². The van der Waals surface area contributed by atoms with Crippen LogP contribution in [-0.2, 0) is 0 Å². The standard InChI is InChI=1S/C22H14N2Si/c1-3-9-17-15(7-1)16-8-2-4-10-18(16)25(17)19-11-5-13-23-21(19)22-20(25)12-6-14-24-22/h1-14H. The van der Waals surface area contributed by atoms with Gasteiger partial charge in [-0.05, 0) is 44.0 Å². The van der Waals surface area contributed by atoms with Crippen molar-refractivity contribution in [1.29, 1.82) is 0 Å². The molecule has 0 saturated heterocycles. The summed E-state index contributed by atoms with van der Waals surface area (Å²) < 4.78 is 0. The van der Waals surface area contributed by atoms with Crippen LogP contribution < -0.4 is 20.7 Å². The first-order chi connectivity index (χ1) is 12.4. The number of pyridine rings is 2. The molecular formula is C22H14N2Si. The average Bonchev–Trinajstić information content (AvgIpc) is 3.16. The number of rotatable bonds is 0. The van der Waals surface area contributed by atoms with Gasteiger partial charge in [0.25, 0.3) is 0 Å². The fourth-order valence-electron chi connectivity index (χ4n) is 4.75. The number of aromatic nitrogens is 2. The van der Waals surface area contributed by atoms with E-state index in [2.05, 4.69) is 72.8 Å². The summed E-state index contributed by atoms with van der Waals surface area (Å²) in [4.78, 5) is 9.48. The molecular weight excluding hydrogens is 320 g/mol. The van der Waals surface area contributed by atoms with Crippen LogP contribution in [0.15, 0.2) is 85.2 Å². The zero-order valence-corrected chi connectivity index (χ0v) is 14.5. The van der Waals surface area contributed by atoms with Crippen LogP contribution >= 0.6 is 0 Å². The summed E-state index contributed by atoms with van der Waals surface area (Å²) in [7, 11) is -2.28. The fourth-order valence-corrected chi connectivity index (χ4v) is 10.2. The largest absolute Gasteiger partial charge is 0.255 e. The molecule has 4 aromatic rings. The molecule has 0 N–H and O–H groups in total. The molecule has 6 rings (SSSR count). The van der Waals surface area contributed by atoms with E-state index >= 15 is 0 Å². The van der Waals surface area contributed by atoms with Gasteiger partial charge < -0.3 is 0 Å². The maximum Gasteiger partial charge on any atom is 0.185 e. The van der Waals surface area contributed by atoms with Crippen LogP contribution in [-0.4, -0.2) is 18.0 Å². The number of benzene rings is 2. The molecule has 0 bridgehead atoms. The molecule has 25 heavy (non-hydrogen) atoms. The van der Waals surface area contributed by atoms with E-state index in [0.29, 0.717) is 0 Å². The normalized spacial score (nSPS) is 14.7. The minimum Gasteiger partial charge on any atom is -0.255 e. The zero-order chi connectivity index (χ0) is 16.4. The van der Waals surface area contributed by atoms with Gasteiger partial charge in [-0.2, -0.15) is 0 Å². The van der Waals surface area contributed by atoms with Crippen molar-refractivity contribution in [2.24, 2.45) is 0 Å². The predicted octanol–water partition coefficient (Wildman–Crippen LogP) is 1.81. The minimum absolute atomic E-state index is 1.07. The SMILES string of the molecule is c1ccc2c(c1)-c1ccccc1[Si]21c2cccnc2-c2ncccc21. The highest BCUT2D eigenvalue weighted by atomic mass is 28.3. The van der Waals surface area contributed by atoms with E-state index in [-0.39, 0.29) is 0 Å². The Hall–Kier alpha value is -3.04. The third-order valence-corrected chi connectivity index (χ3v) is 10.5. The van der Waals surface area contributed by atoms with E-state index in [0.717, 1.165) is 11.4 Å². The van der Waals surface area contributed by atoms with Gasteiger partial charge in [-0.15, -0.1) is 0 Å². The third-order valence-electron chi connectivity index (χ3n) is 5.60. The number of hydrogen-bond donors (Lipinski definition) is 0. The molecule has 116 valence electrons. The number of nitrogens with zero attached hydrogens (tertiary/aromatic N) is 2. The number of fused-ring (bicyclic) bond motifs is 10. The quantitative estimate of drug-likeness (QED) is 0.396. The van der Waals surface area contributed by atoms with Crippen molar-refractivity contribution in [3.63, 3.8) is 0 Å². The summed E-state index contributed by atoms with van der Waals surface area (Å²) in [6.45, 7) is 0. The van der Waals surface area contributed by atoms with Crippen LogP contribution in [0.25, 0.3) is 22.5 Å². The summed E-state index contributed by atoms with van der Waals surface area (Å²) in [5.74, 6) is 0. The molecule has 2 nitrogen and oxygen atoms in total. The maximum atomic E-state index is 4.74. The van der Waals surface area contributed by atoms with E-state index in [1.807, 2.05) is 12.4 Å². The molecule has 0 fully saturated rings. The third kappa shape index (κ3) is 1.41. The van der Waals surface area contributed by atoms with Crippen molar-refractivity contribution in [2.45, 2.75) is 0 Å². The second-order valence-electron chi connectivity index (χ2n) is 6.64. The fraction of sp³-hybridized carbons (Fsp3) is 0. The van der Waals surface area contributed by atoms with Gasteiger partial charge in [0.05, 0.1) is 11.4 Å². The van der Waals surface area contributed by atoms with E-state index in [1.165, 1.54) is 31.9 Å². The van der Waals surface area contributed by atoms with E-state index in [4.69, 9.17) is 9.97 Å². The van der Waals surface area contributed by atoms with Gasteiger partial charge in [-0.3, -0.25) is 9.97 Å². The Kier molecular flexibility index (Phi) is 2.40. The van der Waals surface area contributed by atoms with Crippen molar-refractivity contribution >= 4 is 28.8 Å². The smallest absolute Gasteiger partial charge is 0.185 e. The van der Waals surface area contributed by atoms with E-state index in [1.54, 1.807) is 0 Å². The molecule has 0 aliphatic carbocycles. The van der Waals surface area contributed by atoms with Crippen molar-refractivity contribution < 1.29 is 0 Å². The second-order valence-corrected chi connectivity index (χ2v) is 10.3.